The van der Waals surface area contributed by atoms with Crippen molar-refractivity contribution in [3.05, 3.63) is 89.1 Å². The molecule has 35 heavy (non-hydrogen) atoms. The van der Waals surface area contributed by atoms with Gasteiger partial charge in [-0.1, -0.05) is 56.0 Å². The van der Waals surface area contributed by atoms with Crippen LogP contribution < -0.4 is 16.0 Å². The van der Waals surface area contributed by atoms with Gasteiger partial charge in [-0.25, -0.2) is 4.79 Å². The molecule has 0 heterocycles. The van der Waals surface area contributed by atoms with Gasteiger partial charge < -0.3 is 16.0 Å². The summed E-state index contributed by atoms with van der Waals surface area (Å²) in [6.07, 6.45) is 15.8. The Morgan fingerprint density at radius 2 is 1.80 bits per heavy atom. The molecule has 1 aliphatic rings. The molecule has 0 aliphatic heterocycles. The maximum absolute atomic E-state index is 11.8. The van der Waals surface area contributed by atoms with Crippen LogP contribution in [0.5, 0.6) is 0 Å². The van der Waals surface area contributed by atoms with Gasteiger partial charge in [0.05, 0.1) is 0 Å². The number of urea groups is 1. The quantitative estimate of drug-likeness (QED) is 0.251. The molecule has 1 aliphatic carbocycles. The Morgan fingerprint density at radius 1 is 1.11 bits per heavy atom. The molecule has 0 atom stereocenters. The van der Waals surface area contributed by atoms with Gasteiger partial charge in [-0.15, -0.1) is 6.42 Å². The van der Waals surface area contributed by atoms with Crippen molar-refractivity contribution in [1.82, 2.24) is 10.6 Å². The van der Waals surface area contributed by atoms with Crippen LogP contribution in [0, 0.1) is 19.3 Å². The predicted octanol–water partition coefficient (Wildman–Crippen LogP) is 6.32. The highest BCUT2D eigenvalue weighted by Gasteiger charge is 2.14. The van der Waals surface area contributed by atoms with E-state index in [1.165, 1.54) is 44.6 Å². The second-order valence-electron chi connectivity index (χ2n) is 8.78. The van der Waals surface area contributed by atoms with Crippen molar-refractivity contribution in [1.29, 1.82) is 0 Å². The Balaban J connectivity index is 0.000000266. The minimum atomic E-state index is -0.335. The van der Waals surface area contributed by atoms with E-state index in [0.29, 0.717) is 17.8 Å². The lowest BCUT2D eigenvalue weighted by atomic mass is 9.84. The summed E-state index contributed by atoms with van der Waals surface area (Å²) in [6, 6.07) is 13.4. The summed E-state index contributed by atoms with van der Waals surface area (Å²) in [5.41, 5.74) is 5.32. The summed E-state index contributed by atoms with van der Waals surface area (Å²) in [4.78, 5) is 23.2. The van der Waals surface area contributed by atoms with Crippen LogP contribution in [0.3, 0.4) is 0 Å². The summed E-state index contributed by atoms with van der Waals surface area (Å²) in [5.74, 6) is 3.41. The first-order valence-corrected chi connectivity index (χ1v) is 12.1. The van der Waals surface area contributed by atoms with Crippen LogP contribution in [-0.2, 0) is 0 Å². The number of hydrogen-bond acceptors (Lipinski definition) is 3. The van der Waals surface area contributed by atoms with Crippen molar-refractivity contribution in [3.8, 4) is 12.3 Å². The summed E-state index contributed by atoms with van der Waals surface area (Å²) in [5, 5.41) is 8.28. The fraction of sp³-hybridized carbons (Fsp3) is 0.333. The zero-order valence-corrected chi connectivity index (χ0v) is 21.1. The molecule has 0 unspecified atom stereocenters. The predicted molar refractivity (Wildman–Crippen MR) is 146 cm³/mol. The minimum Gasteiger partial charge on any atom is -0.394 e. The van der Waals surface area contributed by atoms with E-state index in [4.69, 9.17) is 6.42 Å². The van der Waals surface area contributed by atoms with E-state index in [1.807, 2.05) is 6.92 Å². The van der Waals surface area contributed by atoms with Crippen molar-refractivity contribution in [2.45, 2.75) is 51.9 Å². The lowest BCUT2D eigenvalue weighted by Gasteiger charge is -2.21. The molecule has 0 spiro atoms. The van der Waals surface area contributed by atoms with E-state index in [-0.39, 0.29) is 11.8 Å². The number of carbonyl (C=O) groups is 2. The zero-order valence-electron chi connectivity index (χ0n) is 21.1. The van der Waals surface area contributed by atoms with Gasteiger partial charge in [-0.3, -0.25) is 4.79 Å². The van der Waals surface area contributed by atoms with E-state index in [0.717, 1.165) is 22.6 Å². The van der Waals surface area contributed by atoms with Crippen molar-refractivity contribution >= 4 is 17.5 Å². The Morgan fingerprint density at radius 3 is 2.40 bits per heavy atom. The highest BCUT2D eigenvalue weighted by Crippen LogP contribution is 2.32. The summed E-state index contributed by atoms with van der Waals surface area (Å²) >= 11 is 0. The molecule has 1 saturated carbocycles. The standard InChI is InChI=1S/C16H21N3O2.C14H16/c1-11(7-8-17-4)10-18-16(21)19-15-9-14(13(3)20)6-5-12(15)2;1-2-12-8-10-14(11-9-12)13-6-4-3-5-7-13/h5-9,17H,1,10H2,2-4H3,(H2,18,19,21);1,8-11,13H,3-7H2/b8-7-;. The molecule has 184 valence electrons. The first-order valence-electron chi connectivity index (χ1n) is 12.1. The molecule has 3 rings (SSSR count). The van der Waals surface area contributed by atoms with Gasteiger partial charge in [-0.05, 0) is 79.8 Å². The van der Waals surface area contributed by atoms with E-state index >= 15 is 0 Å². The van der Waals surface area contributed by atoms with Crippen LogP contribution in [0.25, 0.3) is 0 Å². The Kier molecular flexibility index (Phi) is 11.4. The van der Waals surface area contributed by atoms with Gasteiger partial charge in [0, 0.05) is 30.4 Å². The number of carbonyl (C=O) groups excluding carboxylic acids is 2. The van der Waals surface area contributed by atoms with Gasteiger partial charge >= 0.3 is 6.03 Å². The summed E-state index contributed by atoms with van der Waals surface area (Å²) in [6.45, 7) is 7.52. The molecule has 3 N–H and O–H groups in total. The lowest BCUT2D eigenvalue weighted by molar-refractivity contribution is 0.101. The molecule has 1 fully saturated rings. The van der Waals surface area contributed by atoms with E-state index in [9.17, 15) is 9.59 Å². The average Bonchev–Trinajstić information content (AvgIpc) is 2.88. The molecule has 2 amide bonds. The molecule has 0 bridgehead atoms. The third-order valence-electron chi connectivity index (χ3n) is 6.01. The van der Waals surface area contributed by atoms with Crippen LogP contribution in [-0.4, -0.2) is 25.4 Å². The molecule has 2 aromatic rings. The molecule has 2 aromatic carbocycles. The van der Waals surface area contributed by atoms with Crippen LogP contribution in [0.2, 0.25) is 0 Å². The van der Waals surface area contributed by atoms with E-state index in [2.05, 4.69) is 52.7 Å². The maximum atomic E-state index is 11.8. The van der Waals surface area contributed by atoms with Gasteiger partial charge in [0.25, 0.3) is 0 Å². The third-order valence-corrected chi connectivity index (χ3v) is 6.01. The fourth-order valence-corrected chi connectivity index (χ4v) is 3.88. The molecule has 0 radical (unpaired) electrons. The van der Waals surface area contributed by atoms with Crippen LogP contribution >= 0.6 is 0 Å². The first kappa shape index (κ1) is 27.5. The number of anilines is 1. The highest BCUT2D eigenvalue weighted by atomic mass is 16.2. The zero-order chi connectivity index (χ0) is 25.6. The maximum Gasteiger partial charge on any atom is 0.319 e. The summed E-state index contributed by atoms with van der Waals surface area (Å²) in [7, 11) is 1.79. The number of benzene rings is 2. The van der Waals surface area contributed by atoms with Gasteiger partial charge in [-0.2, -0.15) is 0 Å². The average molecular weight is 472 g/mol. The molecular weight excluding hydrogens is 434 g/mol. The molecule has 5 nitrogen and oxygen atoms in total. The minimum absolute atomic E-state index is 0.0379. The van der Waals surface area contributed by atoms with Gasteiger partial charge in [0.15, 0.2) is 5.78 Å². The normalized spacial score (nSPS) is 13.2. The van der Waals surface area contributed by atoms with Crippen LogP contribution in [0.1, 0.15) is 72.0 Å². The lowest BCUT2D eigenvalue weighted by Crippen LogP contribution is -2.30. The van der Waals surface area contributed by atoms with Gasteiger partial charge in [0.1, 0.15) is 0 Å². The Hall–Kier alpha value is -3.78. The van der Waals surface area contributed by atoms with Crippen molar-refractivity contribution in [2.75, 3.05) is 18.9 Å². The van der Waals surface area contributed by atoms with Crippen molar-refractivity contribution in [3.63, 3.8) is 0 Å². The Labute approximate surface area is 210 Å². The summed E-state index contributed by atoms with van der Waals surface area (Å²) < 4.78 is 0. The van der Waals surface area contributed by atoms with E-state index in [1.54, 1.807) is 37.5 Å². The number of nitrogens with one attached hydrogen (secondary N) is 3. The number of ketones is 1. The molecule has 0 aromatic heterocycles. The topological polar surface area (TPSA) is 70.2 Å². The van der Waals surface area contributed by atoms with Crippen LogP contribution in [0.15, 0.2) is 66.9 Å². The van der Waals surface area contributed by atoms with Crippen LogP contribution in [0.4, 0.5) is 10.5 Å². The third kappa shape index (κ3) is 9.54. The SMILES string of the molecule is C#Cc1ccc(C2CCCCC2)cc1.C=C(/C=C\NC)CNC(=O)Nc1cc(C(C)=O)ccc1C. The van der Waals surface area contributed by atoms with Crippen molar-refractivity contribution < 1.29 is 9.59 Å². The monoisotopic (exact) mass is 471 g/mol. The Bertz CT molecular complexity index is 1070. The van der Waals surface area contributed by atoms with Crippen molar-refractivity contribution in [2.24, 2.45) is 0 Å². The van der Waals surface area contributed by atoms with Gasteiger partial charge in [0.2, 0.25) is 0 Å². The molecule has 0 saturated heterocycles. The molecular formula is C30H37N3O2. The highest BCUT2D eigenvalue weighted by molar-refractivity contribution is 5.97. The fourth-order valence-electron chi connectivity index (χ4n) is 3.88. The number of rotatable bonds is 7. The number of Topliss-reactive ketones (excluding diaryl/α,β-unsaturated/α-hetero) is 1. The largest absolute Gasteiger partial charge is 0.394 e. The molecule has 5 heteroatoms. The number of terminal acetylenes is 1. The number of aryl methyl sites for hydroxylation is 1. The second kappa shape index (κ2) is 14.5. The number of hydrogen-bond donors (Lipinski definition) is 3. The van der Waals surface area contributed by atoms with E-state index < -0.39 is 0 Å². The smallest absolute Gasteiger partial charge is 0.319 e. The second-order valence-corrected chi connectivity index (χ2v) is 8.78. The first-order chi connectivity index (χ1) is 16.8. The number of amides is 2.